The standard InChI is InChI=1S/C12H15BrF2N2O2S/c1-7(9-5-8(13)3-4-10(9)14)6-20(18,19)12(2,15)11(16)17/h3-5,7H,6H2,1-2H3,(H3,16,17)/t7-,12-/m1/s1. The molecule has 1 rings (SSSR count). The van der Waals surface area contributed by atoms with Crippen LogP contribution in [0.5, 0.6) is 0 Å². The first-order valence-electron chi connectivity index (χ1n) is 5.69. The second-order valence-electron chi connectivity index (χ2n) is 4.68. The van der Waals surface area contributed by atoms with Crippen LogP contribution in [0.4, 0.5) is 8.78 Å². The Morgan fingerprint density at radius 1 is 1.55 bits per heavy atom. The van der Waals surface area contributed by atoms with E-state index in [4.69, 9.17) is 11.1 Å². The van der Waals surface area contributed by atoms with Gasteiger partial charge in [0.25, 0.3) is 5.00 Å². The minimum absolute atomic E-state index is 0.155. The van der Waals surface area contributed by atoms with E-state index in [1.54, 1.807) is 0 Å². The number of nitrogens with two attached hydrogens (primary N) is 1. The van der Waals surface area contributed by atoms with Gasteiger partial charge in [0.15, 0.2) is 9.84 Å². The van der Waals surface area contributed by atoms with Crippen LogP contribution in [0, 0.1) is 11.2 Å². The van der Waals surface area contributed by atoms with Crippen molar-refractivity contribution in [2.45, 2.75) is 24.8 Å². The summed E-state index contributed by atoms with van der Waals surface area (Å²) in [7, 11) is -4.33. The minimum atomic E-state index is -4.33. The van der Waals surface area contributed by atoms with Crippen LogP contribution in [0.2, 0.25) is 0 Å². The predicted molar refractivity (Wildman–Crippen MR) is 77.7 cm³/mol. The molecule has 0 saturated heterocycles. The van der Waals surface area contributed by atoms with Crippen molar-refractivity contribution in [1.82, 2.24) is 0 Å². The second-order valence-corrected chi connectivity index (χ2v) is 7.92. The van der Waals surface area contributed by atoms with Gasteiger partial charge in [-0.1, -0.05) is 22.9 Å². The maximum absolute atomic E-state index is 14.0. The molecule has 0 radical (unpaired) electrons. The molecule has 0 amide bonds. The molecule has 0 aromatic heterocycles. The average Bonchev–Trinajstić information content (AvgIpc) is 2.31. The van der Waals surface area contributed by atoms with E-state index in [9.17, 15) is 17.2 Å². The monoisotopic (exact) mass is 368 g/mol. The summed E-state index contributed by atoms with van der Waals surface area (Å²) in [6.07, 6.45) is 0. The first-order valence-corrected chi connectivity index (χ1v) is 8.14. The Hall–Kier alpha value is -1.02. The Morgan fingerprint density at radius 2 is 2.10 bits per heavy atom. The molecule has 2 atom stereocenters. The molecule has 1 aromatic carbocycles. The molecule has 0 aliphatic heterocycles. The summed E-state index contributed by atoms with van der Waals surface area (Å²) < 4.78 is 52.2. The number of amidine groups is 1. The Labute approximate surface area is 124 Å². The quantitative estimate of drug-likeness (QED) is 0.618. The molecule has 3 N–H and O–H groups in total. The van der Waals surface area contributed by atoms with Crippen molar-refractivity contribution in [2.75, 3.05) is 5.75 Å². The fourth-order valence-electron chi connectivity index (χ4n) is 1.64. The molecule has 0 fully saturated rings. The molecule has 0 unspecified atom stereocenters. The van der Waals surface area contributed by atoms with Crippen molar-refractivity contribution in [3.05, 3.63) is 34.1 Å². The number of halogens is 3. The fourth-order valence-corrected chi connectivity index (χ4v) is 3.50. The summed E-state index contributed by atoms with van der Waals surface area (Å²) in [6, 6.07) is 4.12. The van der Waals surface area contributed by atoms with Crippen molar-refractivity contribution in [2.24, 2.45) is 5.73 Å². The molecule has 112 valence electrons. The summed E-state index contributed by atoms with van der Waals surface area (Å²) in [5, 5.41) is 4.07. The lowest BCUT2D eigenvalue weighted by Crippen LogP contribution is -2.45. The Balaban J connectivity index is 3.10. The van der Waals surface area contributed by atoms with E-state index >= 15 is 0 Å². The predicted octanol–water partition coefficient (Wildman–Crippen LogP) is 2.73. The van der Waals surface area contributed by atoms with E-state index < -0.39 is 38.2 Å². The Morgan fingerprint density at radius 3 is 2.60 bits per heavy atom. The molecule has 0 aliphatic carbocycles. The number of sulfone groups is 1. The fraction of sp³-hybridized carbons (Fsp3) is 0.417. The molecule has 1 aromatic rings. The molecule has 8 heteroatoms. The first-order chi connectivity index (χ1) is 8.99. The highest BCUT2D eigenvalue weighted by Crippen LogP contribution is 2.28. The van der Waals surface area contributed by atoms with Crippen LogP contribution < -0.4 is 5.73 Å². The van der Waals surface area contributed by atoms with E-state index in [1.807, 2.05) is 0 Å². The highest BCUT2D eigenvalue weighted by molar-refractivity contribution is 9.10. The molecular formula is C12H15BrF2N2O2S. The van der Waals surface area contributed by atoms with Crippen LogP contribution in [0.15, 0.2) is 22.7 Å². The number of alkyl halides is 1. The number of benzene rings is 1. The lowest BCUT2D eigenvalue weighted by atomic mass is 10.0. The maximum Gasteiger partial charge on any atom is 0.263 e. The lowest BCUT2D eigenvalue weighted by molar-refractivity contribution is 0.375. The zero-order valence-electron chi connectivity index (χ0n) is 11.0. The van der Waals surface area contributed by atoms with Crippen molar-refractivity contribution in [1.29, 1.82) is 5.41 Å². The zero-order chi connectivity index (χ0) is 15.7. The smallest absolute Gasteiger partial charge is 0.263 e. The Kier molecular flexibility index (Phi) is 4.91. The molecule has 0 spiro atoms. The number of hydrogen-bond donors (Lipinski definition) is 2. The normalized spacial score (nSPS) is 16.4. The summed E-state index contributed by atoms with van der Waals surface area (Å²) in [5.41, 5.74) is 5.13. The highest BCUT2D eigenvalue weighted by Gasteiger charge is 2.43. The topological polar surface area (TPSA) is 84.0 Å². The summed E-state index contributed by atoms with van der Waals surface area (Å²) in [4.78, 5) is 0. The molecule has 20 heavy (non-hydrogen) atoms. The van der Waals surface area contributed by atoms with Gasteiger partial charge in [-0.25, -0.2) is 17.2 Å². The van der Waals surface area contributed by atoms with E-state index in [0.717, 1.165) is 0 Å². The molecule has 0 heterocycles. The largest absolute Gasteiger partial charge is 0.384 e. The second kappa shape index (κ2) is 5.77. The van der Waals surface area contributed by atoms with E-state index in [2.05, 4.69) is 15.9 Å². The van der Waals surface area contributed by atoms with Crippen molar-refractivity contribution in [3.8, 4) is 0 Å². The third kappa shape index (κ3) is 3.35. The van der Waals surface area contributed by atoms with Gasteiger partial charge in [0.2, 0.25) is 0 Å². The van der Waals surface area contributed by atoms with Gasteiger partial charge >= 0.3 is 0 Å². The molecule has 0 saturated carbocycles. The molecule has 4 nitrogen and oxygen atoms in total. The number of rotatable bonds is 5. The van der Waals surface area contributed by atoms with Gasteiger partial charge < -0.3 is 5.73 Å². The van der Waals surface area contributed by atoms with Crippen LogP contribution in [-0.2, 0) is 9.84 Å². The van der Waals surface area contributed by atoms with Gasteiger partial charge in [0.05, 0.1) is 5.75 Å². The summed E-state index contributed by atoms with van der Waals surface area (Å²) in [6.45, 7) is 2.19. The highest BCUT2D eigenvalue weighted by atomic mass is 79.9. The van der Waals surface area contributed by atoms with Gasteiger partial charge in [-0.2, -0.15) is 0 Å². The zero-order valence-corrected chi connectivity index (χ0v) is 13.4. The van der Waals surface area contributed by atoms with Crippen LogP contribution in [-0.4, -0.2) is 25.0 Å². The molecular weight excluding hydrogens is 354 g/mol. The SMILES string of the molecule is C[C@H](CS(=O)(=O)[C@@](C)(F)C(=N)N)c1cc(Br)ccc1F. The Bertz CT molecular complexity index is 632. The molecule has 0 aliphatic rings. The third-order valence-corrected chi connectivity index (χ3v) is 5.84. The minimum Gasteiger partial charge on any atom is -0.384 e. The van der Waals surface area contributed by atoms with Crippen LogP contribution in [0.25, 0.3) is 0 Å². The maximum atomic E-state index is 14.0. The first kappa shape index (κ1) is 17.0. The van der Waals surface area contributed by atoms with Crippen molar-refractivity contribution in [3.63, 3.8) is 0 Å². The van der Waals surface area contributed by atoms with Crippen LogP contribution >= 0.6 is 15.9 Å². The summed E-state index contributed by atoms with van der Waals surface area (Å²) in [5.74, 6) is -3.07. The van der Waals surface area contributed by atoms with E-state index in [1.165, 1.54) is 25.1 Å². The third-order valence-electron chi connectivity index (χ3n) is 3.02. The van der Waals surface area contributed by atoms with Gasteiger partial charge in [0.1, 0.15) is 11.7 Å². The van der Waals surface area contributed by atoms with E-state index in [0.29, 0.717) is 11.4 Å². The van der Waals surface area contributed by atoms with Gasteiger partial charge in [-0.15, -0.1) is 0 Å². The van der Waals surface area contributed by atoms with Gasteiger partial charge in [0, 0.05) is 4.47 Å². The number of nitrogens with one attached hydrogen (secondary N) is 1. The summed E-state index contributed by atoms with van der Waals surface area (Å²) >= 11 is 3.16. The molecule has 0 bridgehead atoms. The van der Waals surface area contributed by atoms with Crippen LogP contribution in [0.3, 0.4) is 0 Å². The average molecular weight is 369 g/mol. The van der Waals surface area contributed by atoms with Gasteiger partial charge in [-0.05, 0) is 36.6 Å². The van der Waals surface area contributed by atoms with E-state index in [-0.39, 0.29) is 5.56 Å². The van der Waals surface area contributed by atoms with Crippen molar-refractivity contribution < 1.29 is 17.2 Å². The lowest BCUT2D eigenvalue weighted by Gasteiger charge is -2.22. The van der Waals surface area contributed by atoms with Crippen LogP contribution in [0.1, 0.15) is 25.3 Å². The van der Waals surface area contributed by atoms with Gasteiger partial charge in [-0.3, -0.25) is 5.41 Å². The number of hydrogen-bond acceptors (Lipinski definition) is 3. The van der Waals surface area contributed by atoms with Crippen molar-refractivity contribution >= 4 is 31.6 Å².